The van der Waals surface area contributed by atoms with E-state index in [1.165, 1.54) is 37.8 Å². The normalized spacial score (nSPS) is 39.8. The zero-order valence-electron chi connectivity index (χ0n) is 23.7. The van der Waals surface area contributed by atoms with Gasteiger partial charge in [-0.05, 0) is 116 Å². The second kappa shape index (κ2) is 11.3. The summed E-state index contributed by atoms with van der Waals surface area (Å²) in [7, 11) is 0. The molecule has 4 saturated carbocycles. The van der Waals surface area contributed by atoms with Gasteiger partial charge in [-0.1, -0.05) is 26.8 Å². The molecule has 0 radical (unpaired) electrons. The molecule has 1 unspecified atom stereocenters. The summed E-state index contributed by atoms with van der Waals surface area (Å²) in [6.07, 6.45) is 9.19. The van der Waals surface area contributed by atoms with Crippen LogP contribution in [0.3, 0.4) is 0 Å². The molecule has 4 fully saturated rings. The van der Waals surface area contributed by atoms with E-state index in [9.17, 15) is 19.8 Å². The van der Waals surface area contributed by atoms with E-state index in [0.29, 0.717) is 35.5 Å². The van der Waals surface area contributed by atoms with Crippen molar-refractivity contribution in [3.05, 3.63) is 23.8 Å². The highest BCUT2D eigenvalue weighted by atomic mass is 16.4. The third-order valence-corrected chi connectivity index (χ3v) is 11.6. The van der Waals surface area contributed by atoms with Crippen LogP contribution in [0.4, 0.5) is 5.69 Å². The summed E-state index contributed by atoms with van der Waals surface area (Å²) < 4.78 is 0. The fourth-order valence-electron chi connectivity index (χ4n) is 9.49. The van der Waals surface area contributed by atoms with Crippen LogP contribution in [-0.2, 0) is 4.79 Å². The Bertz CT molecular complexity index is 1060. The predicted octanol–water partition coefficient (Wildman–Crippen LogP) is 4.55. The largest absolute Gasteiger partial charge is 0.505 e. The van der Waals surface area contributed by atoms with Crippen LogP contribution in [0, 0.1) is 46.3 Å². The van der Waals surface area contributed by atoms with Crippen molar-refractivity contribution in [1.29, 1.82) is 0 Å². The average Bonchev–Trinajstić information content (AvgIpc) is 3.22. The Balaban J connectivity index is 0.000000270. The number of rotatable bonds is 5. The number of primary amides is 1. The van der Waals surface area contributed by atoms with Crippen molar-refractivity contribution in [3.63, 3.8) is 0 Å². The second-order valence-electron chi connectivity index (χ2n) is 13.5. The highest BCUT2D eigenvalue weighted by molar-refractivity contribution is 5.97. The number of carboxylic acids is 1. The van der Waals surface area contributed by atoms with Gasteiger partial charge in [0.25, 0.3) is 5.91 Å². The lowest BCUT2D eigenvalue weighted by molar-refractivity contribution is -0.174. The number of carbonyl (C=O) groups excluding carboxylic acids is 1. The van der Waals surface area contributed by atoms with E-state index >= 15 is 0 Å². The minimum atomic E-state index is -0.685. The van der Waals surface area contributed by atoms with E-state index in [-0.39, 0.29) is 46.5 Å². The lowest BCUT2D eigenvalue weighted by atomic mass is 9.43. The molecule has 0 bridgehead atoms. The molecule has 10 atom stereocenters. The van der Waals surface area contributed by atoms with Crippen molar-refractivity contribution < 1.29 is 30.0 Å². The molecular formula is C31H48N2O6. The molecule has 1 amide bonds. The van der Waals surface area contributed by atoms with Gasteiger partial charge in [0, 0.05) is 6.42 Å². The molecule has 0 saturated heterocycles. The minimum absolute atomic E-state index is 0.0463. The first-order chi connectivity index (χ1) is 18.3. The van der Waals surface area contributed by atoms with Gasteiger partial charge in [-0.25, -0.2) is 0 Å². The number of aliphatic carboxylic acids is 1. The first-order valence-electron chi connectivity index (χ1n) is 14.7. The molecule has 39 heavy (non-hydrogen) atoms. The Morgan fingerprint density at radius 1 is 1.03 bits per heavy atom. The maximum absolute atomic E-state index is 11.2. The van der Waals surface area contributed by atoms with Crippen molar-refractivity contribution in [2.45, 2.75) is 97.2 Å². The standard InChI is InChI=1S/C24H40O4.C7H8N2O2/c1-14(4-7-21(27)28)17-5-6-18-22-19(9-11-24(17,18)3)23(2)10-8-16(25)12-15(23)13-20(22)26;8-5-3-1-2-4(6(5)10)7(9)11/h14-20,22,25-26H,4-13H2,1-3H3,(H,27,28);1-3,10H,8H2,(H2,9,11)/t14-,15?,16+,17-,18+,19+,20+,22+,23+,24-;/m1./s1. The molecule has 8 nitrogen and oxygen atoms in total. The Morgan fingerprint density at radius 3 is 2.33 bits per heavy atom. The van der Waals surface area contributed by atoms with Gasteiger partial charge < -0.3 is 31.9 Å². The van der Waals surface area contributed by atoms with Gasteiger partial charge in [-0.15, -0.1) is 0 Å². The highest BCUT2D eigenvalue weighted by Crippen LogP contribution is 2.68. The van der Waals surface area contributed by atoms with Crippen LogP contribution < -0.4 is 11.5 Å². The third kappa shape index (κ3) is 5.51. The number of fused-ring (bicyclic) bond motifs is 5. The zero-order valence-corrected chi connectivity index (χ0v) is 23.7. The van der Waals surface area contributed by atoms with Crippen molar-refractivity contribution in [2.75, 3.05) is 5.73 Å². The number of carboxylic acid groups (broad SMARTS) is 1. The quantitative estimate of drug-likeness (QED) is 0.233. The van der Waals surface area contributed by atoms with Crippen LogP contribution in [0.25, 0.3) is 0 Å². The Morgan fingerprint density at radius 2 is 1.69 bits per heavy atom. The smallest absolute Gasteiger partial charge is 0.303 e. The monoisotopic (exact) mass is 544 g/mol. The highest BCUT2D eigenvalue weighted by Gasteiger charge is 2.62. The van der Waals surface area contributed by atoms with Gasteiger partial charge >= 0.3 is 5.97 Å². The molecule has 0 heterocycles. The van der Waals surface area contributed by atoms with Gasteiger partial charge in [0.15, 0.2) is 5.75 Å². The molecule has 4 aliphatic carbocycles. The number of benzene rings is 1. The van der Waals surface area contributed by atoms with E-state index in [4.69, 9.17) is 21.7 Å². The van der Waals surface area contributed by atoms with Crippen LogP contribution in [0.2, 0.25) is 0 Å². The number of aromatic hydroxyl groups is 1. The summed E-state index contributed by atoms with van der Waals surface area (Å²) in [6, 6.07) is 4.45. The Kier molecular flexibility index (Phi) is 8.58. The Labute approximate surface area is 232 Å². The number of para-hydroxylation sites is 1. The van der Waals surface area contributed by atoms with Crippen LogP contribution in [-0.4, -0.2) is 44.5 Å². The number of anilines is 1. The molecule has 8 heteroatoms. The van der Waals surface area contributed by atoms with Gasteiger partial charge in [0.2, 0.25) is 0 Å². The van der Waals surface area contributed by atoms with Crippen molar-refractivity contribution in [2.24, 2.45) is 52.1 Å². The zero-order chi connectivity index (χ0) is 28.7. The number of aliphatic hydroxyl groups is 2. The van der Waals surface area contributed by atoms with Gasteiger partial charge in [0.05, 0.1) is 23.5 Å². The van der Waals surface area contributed by atoms with Gasteiger partial charge in [-0.2, -0.15) is 0 Å². The van der Waals surface area contributed by atoms with Crippen molar-refractivity contribution in [3.8, 4) is 5.75 Å². The van der Waals surface area contributed by atoms with E-state index in [0.717, 1.165) is 32.1 Å². The van der Waals surface area contributed by atoms with E-state index in [1.54, 1.807) is 6.07 Å². The molecule has 0 aromatic heterocycles. The van der Waals surface area contributed by atoms with Crippen LogP contribution in [0.1, 0.15) is 95.3 Å². The fraction of sp³-hybridized carbons (Fsp3) is 0.742. The Hall–Kier alpha value is -2.32. The molecular weight excluding hydrogens is 496 g/mol. The SMILES string of the molecule is C[C@H](CCC(=O)O)[C@H]1CC[C@H]2[C@@H]3[C@@H](O)CC4C[C@@H](O)CC[C@]4(C)[C@H]3CC[C@]12C.NC(=O)c1cccc(N)c1O. The molecule has 0 aliphatic heterocycles. The van der Waals surface area contributed by atoms with E-state index in [1.807, 2.05) is 0 Å². The summed E-state index contributed by atoms with van der Waals surface area (Å²) in [5, 5.41) is 39.7. The number of nitrogens with two attached hydrogens (primary N) is 2. The molecule has 218 valence electrons. The number of amides is 1. The van der Waals surface area contributed by atoms with E-state index < -0.39 is 11.9 Å². The third-order valence-electron chi connectivity index (χ3n) is 11.6. The lowest BCUT2D eigenvalue weighted by Crippen LogP contribution is -2.58. The summed E-state index contributed by atoms with van der Waals surface area (Å²) in [5.74, 6) is 1.42. The number of hydrogen-bond donors (Lipinski definition) is 6. The van der Waals surface area contributed by atoms with Crippen LogP contribution in [0.5, 0.6) is 5.75 Å². The molecule has 4 aliphatic rings. The number of carbonyl (C=O) groups is 2. The molecule has 0 spiro atoms. The maximum Gasteiger partial charge on any atom is 0.303 e. The van der Waals surface area contributed by atoms with Crippen molar-refractivity contribution >= 4 is 17.6 Å². The molecule has 8 N–H and O–H groups in total. The van der Waals surface area contributed by atoms with Crippen molar-refractivity contribution in [1.82, 2.24) is 0 Å². The number of nitrogen functional groups attached to an aromatic ring is 1. The lowest BCUT2D eigenvalue weighted by Gasteiger charge is -2.62. The minimum Gasteiger partial charge on any atom is -0.505 e. The topological polar surface area (TPSA) is 167 Å². The first-order valence-corrected chi connectivity index (χ1v) is 14.7. The summed E-state index contributed by atoms with van der Waals surface area (Å²) in [4.78, 5) is 21.6. The number of hydrogen-bond acceptors (Lipinski definition) is 6. The van der Waals surface area contributed by atoms with Gasteiger partial charge in [0.1, 0.15) is 0 Å². The average molecular weight is 545 g/mol. The van der Waals surface area contributed by atoms with Crippen LogP contribution >= 0.6 is 0 Å². The van der Waals surface area contributed by atoms with E-state index in [2.05, 4.69) is 20.8 Å². The second-order valence-corrected chi connectivity index (χ2v) is 13.5. The molecule has 1 aromatic carbocycles. The number of phenols is 1. The summed E-state index contributed by atoms with van der Waals surface area (Å²) in [6.45, 7) is 7.16. The van der Waals surface area contributed by atoms with Gasteiger partial charge in [-0.3, -0.25) is 9.59 Å². The molecule has 1 aromatic rings. The molecule has 5 rings (SSSR count). The predicted molar refractivity (Wildman–Crippen MR) is 150 cm³/mol. The van der Waals surface area contributed by atoms with Crippen LogP contribution in [0.15, 0.2) is 18.2 Å². The fourth-order valence-corrected chi connectivity index (χ4v) is 9.49. The first kappa shape index (κ1) is 29.7. The number of aliphatic hydroxyl groups excluding tert-OH is 2. The summed E-state index contributed by atoms with van der Waals surface area (Å²) in [5.41, 5.74) is 11.0. The summed E-state index contributed by atoms with van der Waals surface area (Å²) >= 11 is 0. The maximum atomic E-state index is 11.2.